The fraction of sp³-hybridized carbons (Fsp3) is 0.455. The van der Waals surface area contributed by atoms with Crippen molar-refractivity contribution < 1.29 is 9.47 Å². The molecule has 14 heavy (non-hydrogen) atoms. The molecule has 0 spiro atoms. The largest absolute Gasteiger partial charge is 0.486 e. The Morgan fingerprint density at radius 3 is 2.71 bits per heavy atom. The average Bonchev–Trinajstić information content (AvgIpc) is 2.10. The average molecular weight is 195 g/mol. The highest BCUT2D eigenvalue weighted by molar-refractivity contribution is 5.54. The number of anilines is 1. The van der Waals surface area contributed by atoms with E-state index in [-0.39, 0.29) is 6.10 Å². The van der Waals surface area contributed by atoms with E-state index in [0.717, 1.165) is 11.3 Å². The van der Waals surface area contributed by atoms with Gasteiger partial charge in [0.15, 0.2) is 0 Å². The summed E-state index contributed by atoms with van der Waals surface area (Å²) >= 11 is 0. The van der Waals surface area contributed by atoms with Gasteiger partial charge in [0.2, 0.25) is 0 Å². The van der Waals surface area contributed by atoms with Crippen LogP contribution in [0.25, 0.3) is 0 Å². The van der Waals surface area contributed by atoms with E-state index in [9.17, 15) is 0 Å². The third-order valence-corrected chi connectivity index (χ3v) is 1.89. The first-order valence-corrected chi connectivity index (χ1v) is 4.65. The Labute approximate surface area is 84.8 Å². The lowest BCUT2D eigenvalue weighted by Crippen LogP contribution is -2.18. The molecule has 0 radical (unpaired) electrons. The summed E-state index contributed by atoms with van der Waals surface area (Å²) in [6.45, 7) is 4.51. The molecule has 0 saturated carbocycles. The SMILES string of the molecule is COC[C@H](C)Oc1ccc(C)cc1N. The van der Waals surface area contributed by atoms with Gasteiger partial charge in [-0.25, -0.2) is 0 Å². The lowest BCUT2D eigenvalue weighted by molar-refractivity contribution is 0.0926. The molecule has 0 saturated heterocycles. The van der Waals surface area contributed by atoms with Crippen molar-refractivity contribution in [3.05, 3.63) is 23.8 Å². The van der Waals surface area contributed by atoms with Crippen LogP contribution < -0.4 is 10.5 Å². The van der Waals surface area contributed by atoms with Gasteiger partial charge in [0.1, 0.15) is 11.9 Å². The van der Waals surface area contributed by atoms with Crippen molar-refractivity contribution in [3.63, 3.8) is 0 Å². The molecule has 1 aromatic rings. The quantitative estimate of drug-likeness (QED) is 0.747. The predicted octanol–water partition coefficient (Wildman–Crippen LogP) is 1.99. The number of ether oxygens (including phenoxy) is 2. The summed E-state index contributed by atoms with van der Waals surface area (Å²) in [6, 6.07) is 5.76. The summed E-state index contributed by atoms with van der Waals surface area (Å²) in [4.78, 5) is 0. The lowest BCUT2D eigenvalue weighted by Gasteiger charge is -2.15. The third-order valence-electron chi connectivity index (χ3n) is 1.89. The molecule has 0 bridgehead atoms. The molecule has 0 aliphatic heterocycles. The fourth-order valence-corrected chi connectivity index (χ4v) is 1.26. The zero-order valence-electron chi connectivity index (χ0n) is 8.91. The van der Waals surface area contributed by atoms with Gasteiger partial charge < -0.3 is 15.2 Å². The van der Waals surface area contributed by atoms with Crippen LogP contribution in [0.1, 0.15) is 12.5 Å². The Morgan fingerprint density at radius 1 is 1.43 bits per heavy atom. The number of hydrogen-bond acceptors (Lipinski definition) is 3. The standard InChI is InChI=1S/C11H17NO2/c1-8-4-5-11(10(12)6-8)14-9(2)7-13-3/h4-6,9H,7,12H2,1-3H3/t9-/m0/s1. The molecule has 78 valence electrons. The summed E-state index contributed by atoms with van der Waals surface area (Å²) in [6.07, 6.45) is 0.0185. The molecule has 1 aromatic carbocycles. The van der Waals surface area contributed by atoms with E-state index in [1.807, 2.05) is 32.0 Å². The zero-order chi connectivity index (χ0) is 10.6. The molecule has 0 aliphatic carbocycles. The van der Waals surface area contributed by atoms with Crippen LogP contribution in [-0.2, 0) is 4.74 Å². The van der Waals surface area contributed by atoms with Crippen LogP contribution in [0.5, 0.6) is 5.75 Å². The second-order valence-electron chi connectivity index (χ2n) is 3.43. The molecule has 3 nitrogen and oxygen atoms in total. The number of methoxy groups -OCH3 is 1. The summed E-state index contributed by atoms with van der Waals surface area (Å²) in [5.41, 5.74) is 7.61. The number of nitrogens with two attached hydrogens (primary N) is 1. The minimum absolute atomic E-state index is 0.0185. The molecule has 0 heterocycles. The maximum absolute atomic E-state index is 5.80. The van der Waals surface area contributed by atoms with E-state index in [1.165, 1.54) is 0 Å². The minimum atomic E-state index is 0.0185. The Balaban J connectivity index is 2.67. The normalized spacial score (nSPS) is 12.5. The van der Waals surface area contributed by atoms with Crippen molar-refractivity contribution in [2.24, 2.45) is 0 Å². The van der Waals surface area contributed by atoms with Gasteiger partial charge in [-0.1, -0.05) is 6.07 Å². The molecule has 1 atom stereocenters. The molecule has 0 amide bonds. The van der Waals surface area contributed by atoms with Gasteiger partial charge in [-0.2, -0.15) is 0 Å². The van der Waals surface area contributed by atoms with Crippen molar-refractivity contribution in [2.75, 3.05) is 19.5 Å². The van der Waals surface area contributed by atoms with E-state index in [2.05, 4.69) is 0 Å². The van der Waals surface area contributed by atoms with Crippen LogP contribution in [0.15, 0.2) is 18.2 Å². The van der Waals surface area contributed by atoms with Crippen molar-refractivity contribution in [1.29, 1.82) is 0 Å². The van der Waals surface area contributed by atoms with Crippen LogP contribution in [0.2, 0.25) is 0 Å². The monoisotopic (exact) mass is 195 g/mol. The van der Waals surface area contributed by atoms with Gasteiger partial charge in [-0.3, -0.25) is 0 Å². The second kappa shape index (κ2) is 4.86. The van der Waals surface area contributed by atoms with E-state index < -0.39 is 0 Å². The van der Waals surface area contributed by atoms with Crippen molar-refractivity contribution in [2.45, 2.75) is 20.0 Å². The lowest BCUT2D eigenvalue weighted by atomic mass is 10.2. The van der Waals surface area contributed by atoms with Crippen LogP contribution in [0, 0.1) is 6.92 Å². The van der Waals surface area contributed by atoms with E-state index in [1.54, 1.807) is 7.11 Å². The highest BCUT2D eigenvalue weighted by Gasteiger charge is 2.05. The van der Waals surface area contributed by atoms with Gasteiger partial charge in [0.05, 0.1) is 12.3 Å². The first kappa shape index (κ1) is 10.9. The van der Waals surface area contributed by atoms with Crippen molar-refractivity contribution in [1.82, 2.24) is 0 Å². The zero-order valence-corrected chi connectivity index (χ0v) is 8.91. The number of aryl methyl sites for hydroxylation is 1. The Morgan fingerprint density at radius 2 is 2.14 bits per heavy atom. The highest BCUT2D eigenvalue weighted by Crippen LogP contribution is 2.23. The molecule has 2 N–H and O–H groups in total. The van der Waals surface area contributed by atoms with Crippen molar-refractivity contribution in [3.8, 4) is 5.75 Å². The van der Waals surface area contributed by atoms with E-state index in [0.29, 0.717) is 12.3 Å². The Kier molecular flexibility index (Phi) is 3.77. The van der Waals surface area contributed by atoms with Gasteiger partial charge in [-0.05, 0) is 31.5 Å². The van der Waals surface area contributed by atoms with Crippen molar-refractivity contribution >= 4 is 5.69 Å². The summed E-state index contributed by atoms with van der Waals surface area (Å²) in [7, 11) is 1.65. The smallest absolute Gasteiger partial charge is 0.142 e. The predicted molar refractivity (Wildman–Crippen MR) is 57.6 cm³/mol. The number of rotatable bonds is 4. The van der Waals surface area contributed by atoms with Crippen LogP contribution in [0.3, 0.4) is 0 Å². The Bertz CT molecular complexity index is 299. The molecule has 1 rings (SSSR count). The maximum atomic E-state index is 5.80. The number of benzene rings is 1. The van der Waals surface area contributed by atoms with Crippen LogP contribution in [-0.4, -0.2) is 19.8 Å². The fourth-order valence-electron chi connectivity index (χ4n) is 1.26. The highest BCUT2D eigenvalue weighted by atomic mass is 16.5. The maximum Gasteiger partial charge on any atom is 0.142 e. The summed E-state index contributed by atoms with van der Waals surface area (Å²) in [5.74, 6) is 0.722. The van der Waals surface area contributed by atoms with Gasteiger partial charge in [-0.15, -0.1) is 0 Å². The molecular formula is C11H17NO2. The first-order valence-electron chi connectivity index (χ1n) is 4.65. The van der Waals surface area contributed by atoms with Gasteiger partial charge in [0.25, 0.3) is 0 Å². The van der Waals surface area contributed by atoms with Gasteiger partial charge in [0, 0.05) is 7.11 Å². The molecule has 3 heteroatoms. The minimum Gasteiger partial charge on any atom is -0.486 e. The molecule has 0 aliphatic rings. The van der Waals surface area contributed by atoms with E-state index in [4.69, 9.17) is 15.2 Å². The summed E-state index contributed by atoms with van der Waals surface area (Å²) < 4.78 is 10.6. The van der Waals surface area contributed by atoms with E-state index >= 15 is 0 Å². The van der Waals surface area contributed by atoms with Crippen LogP contribution in [0.4, 0.5) is 5.69 Å². The second-order valence-corrected chi connectivity index (χ2v) is 3.43. The number of hydrogen-bond donors (Lipinski definition) is 1. The van der Waals surface area contributed by atoms with Gasteiger partial charge >= 0.3 is 0 Å². The van der Waals surface area contributed by atoms with Crippen LogP contribution >= 0.6 is 0 Å². The Hall–Kier alpha value is -1.22. The molecule has 0 unspecified atom stereocenters. The molecule has 0 aromatic heterocycles. The topological polar surface area (TPSA) is 44.5 Å². The molecular weight excluding hydrogens is 178 g/mol. The number of nitrogen functional groups attached to an aromatic ring is 1. The third kappa shape index (κ3) is 2.92. The first-order chi connectivity index (χ1) is 6.63. The summed E-state index contributed by atoms with van der Waals surface area (Å²) in [5, 5.41) is 0. The molecule has 0 fully saturated rings.